The van der Waals surface area contributed by atoms with Crippen LogP contribution in [0.3, 0.4) is 0 Å². The summed E-state index contributed by atoms with van der Waals surface area (Å²) < 4.78 is 0. The Kier molecular flexibility index (Phi) is 5.01. The van der Waals surface area contributed by atoms with E-state index in [9.17, 15) is 4.79 Å². The summed E-state index contributed by atoms with van der Waals surface area (Å²) >= 11 is 1.63. The van der Waals surface area contributed by atoms with Crippen molar-refractivity contribution in [3.05, 3.63) is 52.0 Å². The number of benzene rings is 1. The number of hydrogen-bond donors (Lipinski definition) is 2. The zero-order valence-electron chi connectivity index (χ0n) is 14.5. The van der Waals surface area contributed by atoms with Crippen LogP contribution in [0.2, 0.25) is 0 Å². The van der Waals surface area contributed by atoms with Crippen molar-refractivity contribution in [1.82, 2.24) is 15.6 Å². The van der Waals surface area contributed by atoms with Gasteiger partial charge in [-0.15, -0.1) is 11.3 Å². The maximum Gasteiger partial charge on any atom is 0.234 e. The first-order chi connectivity index (χ1) is 11.5. The molecular formula is C19H25N3OS. The number of aryl methyl sites for hydroxylation is 1. The second kappa shape index (κ2) is 7.03. The molecule has 24 heavy (non-hydrogen) atoms. The van der Waals surface area contributed by atoms with E-state index in [1.54, 1.807) is 11.3 Å². The topological polar surface area (TPSA) is 54.0 Å². The lowest BCUT2D eigenvalue weighted by molar-refractivity contribution is -0.121. The molecule has 0 radical (unpaired) electrons. The van der Waals surface area contributed by atoms with Crippen LogP contribution in [0, 0.1) is 12.8 Å². The molecule has 1 aliphatic carbocycles. The SMILES string of the molecule is Cc1csc(C(C)(C)NCC(=O)N[C@@H](c2ccccc2)C2CC2)n1. The smallest absolute Gasteiger partial charge is 0.234 e. The molecule has 0 saturated heterocycles. The molecule has 1 heterocycles. The Morgan fingerprint density at radius 3 is 2.62 bits per heavy atom. The number of rotatable bonds is 7. The van der Waals surface area contributed by atoms with Crippen LogP contribution in [0.1, 0.15) is 49.0 Å². The summed E-state index contributed by atoms with van der Waals surface area (Å²) in [5.41, 5.74) is 1.91. The van der Waals surface area contributed by atoms with Crippen molar-refractivity contribution < 1.29 is 4.79 Å². The van der Waals surface area contributed by atoms with Crippen LogP contribution in [0.25, 0.3) is 0 Å². The monoisotopic (exact) mass is 343 g/mol. The van der Waals surface area contributed by atoms with E-state index >= 15 is 0 Å². The molecule has 1 saturated carbocycles. The highest BCUT2D eigenvalue weighted by molar-refractivity contribution is 7.09. The molecule has 1 amide bonds. The van der Waals surface area contributed by atoms with Crippen LogP contribution in [-0.2, 0) is 10.3 Å². The molecule has 0 spiro atoms. The van der Waals surface area contributed by atoms with Crippen LogP contribution in [0.15, 0.2) is 35.7 Å². The summed E-state index contributed by atoms with van der Waals surface area (Å²) in [7, 11) is 0. The number of nitrogens with one attached hydrogen (secondary N) is 2. The normalized spacial score (nSPS) is 16.0. The Hall–Kier alpha value is -1.72. The van der Waals surface area contributed by atoms with Gasteiger partial charge in [-0.05, 0) is 45.1 Å². The minimum atomic E-state index is -0.307. The highest BCUT2D eigenvalue weighted by Crippen LogP contribution is 2.40. The third-order valence-corrected chi connectivity index (χ3v) is 5.70. The zero-order chi connectivity index (χ0) is 17.2. The van der Waals surface area contributed by atoms with Gasteiger partial charge in [0.15, 0.2) is 0 Å². The van der Waals surface area contributed by atoms with Gasteiger partial charge in [-0.1, -0.05) is 30.3 Å². The number of hydrogen-bond acceptors (Lipinski definition) is 4. The molecule has 1 aliphatic rings. The fraction of sp³-hybridized carbons (Fsp3) is 0.474. The number of aromatic nitrogens is 1. The van der Waals surface area contributed by atoms with Crippen molar-refractivity contribution in [3.8, 4) is 0 Å². The van der Waals surface area contributed by atoms with Gasteiger partial charge in [0.25, 0.3) is 0 Å². The van der Waals surface area contributed by atoms with Gasteiger partial charge in [-0.25, -0.2) is 4.98 Å². The summed E-state index contributed by atoms with van der Waals surface area (Å²) in [5, 5.41) is 9.59. The Bertz CT molecular complexity index is 692. The molecule has 3 rings (SSSR count). The van der Waals surface area contributed by atoms with Crippen LogP contribution in [-0.4, -0.2) is 17.4 Å². The van der Waals surface area contributed by atoms with E-state index in [0.29, 0.717) is 12.5 Å². The van der Waals surface area contributed by atoms with Gasteiger partial charge < -0.3 is 5.32 Å². The molecule has 5 heteroatoms. The van der Waals surface area contributed by atoms with Crippen LogP contribution in [0.5, 0.6) is 0 Å². The minimum Gasteiger partial charge on any atom is -0.348 e. The van der Waals surface area contributed by atoms with Crippen molar-refractivity contribution in [2.24, 2.45) is 5.92 Å². The predicted octanol–water partition coefficient (Wildman–Crippen LogP) is 3.54. The molecule has 4 nitrogen and oxygen atoms in total. The molecule has 2 aromatic rings. The fourth-order valence-electron chi connectivity index (χ4n) is 2.81. The third-order valence-electron chi connectivity index (χ3n) is 4.41. The van der Waals surface area contributed by atoms with Crippen molar-refractivity contribution in [2.45, 2.75) is 45.2 Å². The molecule has 1 aromatic carbocycles. The van der Waals surface area contributed by atoms with Gasteiger partial charge >= 0.3 is 0 Å². The third kappa shape index (κ3) is 4.22. The van der Waals surface area contributed by atoms with Crippen molar-refractivity contribution >= 4 is 17.2 Å². The summed E-state index contributed by atoms with van der Waals surface area (Å²) in [4.78, 5) is 17.0. The lowest BCUT2D eigenvalue weighted by Crippen LogP contribution is -2.44. The summed E-state index contributed by atoms with van der Waals surface area (Å²) in [6, 6.07) is 10.4. The molecule has 1 aromatic heterocycles. The Balaban J connectivity index is 1.58. The first-order valence-corrected chi connectivity index (χ1v) is 9.35. The second-order valence-electron chi connectivity index (χ2n) is 7.07. The van der Waals surface area contributed by atoms with E-state index in [1.807, 2.05) is 30.5 Å². The Morgan fingerprint density at radius 2 is 2.04 bits per heavy atom. The quantitative estimate of drug-likeness (QED) is 0.808. The summed E-state index contributed by atoms with van der Waals surface area (Å²) in [5.74, 6) is 0.614. The number of carbonyl (C=O) groups excluding carboxylic acids is 1. The van der Waals surface area contributed by atoms with Gasteiger partial charge in [0, 0.05) is 11.1 Å². The number of carbonyl (C=O) groups is 1. The van der Waals surface area contributed by atoms with Gasteiger partial charge in [0.05, 0.1) is 18.1 Å². The second-order valence-corrected chi connectivity index (χ2v) is 7.92. The molecule has 128 valence electrons. The van der Waals surface area contributed by atoms with E-state index in [0.717, 1.165) is 10.7 Å². The fourth-order valence-corrected chi connectivity index (χ4v) is 3.70. The number of amides is 1. The average molecular weight is 343 g/mol. The van der Waals surface area contributed by atoms with E-state index in [-0.39, 0.29) is 17.5 Å². The maximum absolute atomic E-state index is 12.5. The molecule has 0 bridgehead atoms. The first kappa shape index (κ1) is 17.1. The largest absolute Gasteiger partial charge is 0.348 e. The molecule has 1 fully saturated rings. The van der Waals surface area contributed by atoms with Gasteiger partial charge in [-0.3, -0.25) is 10.1 Å². The molecule has 1 atom stereocenters. The lowest BCUT2D eigenvalue weighted by atomic mass is 10.0. The number of thiazole rings is 1. The predicted molar refractivity (Wildman–Crippen MR) is 97.9 cm³/mol. The van der Waals surface area contributed by atoms with Crippen LogP contribution in [0.4, 0.5) is 0 Å². The van der Waals surface area contributed by atoms with Crippen molar-refractivity contribution in [2.75, 3.05) is 6.54 Å². The van der Waals surface area contributed by atoms with Crippen molar-refractivity contribution in [1.29, 1.82) is 0 Å². The van der Waals surface area contributed by atoms with E-state index < -0.39 is 0 Å². The van der Waals surface area contributed by atoms with E-state index in [1.165, 1.54) is 18.4 Å². The number of nitrogens with zero attached hydrogens (tertiary/aromatic N) is 1. The average Bonchev–Trinajstić information content (AvgIpc) is 3.31. The van der Waals surface area contributed by atoms with Gasteiger partial charge in [-0.2, -0.15) is 0 Å². The van der Waals surface area contributed by atoms with E-state index in [2.05, 4.69) is 41.6 Å². The standard InChI is InChI=1S/C19H25N3OS/c1-13-12-24-18(21-13)19(2,3)20-11-16(23)22-17(15-9-10-15)14-7-5-4-6-8-14/h4-8,12,15,17,20H,9-11H2,1-3H3,(H,22,23)/t17-/m0/s1. The zero-order valence-corrected chi connectivity index (χ0v) is 15.3. The molecular weight excluding hydrogens is 318 g/mol. The summed E-state index contributed by atoms with van der Waals surface area (Å²) in [6.07, 6.45) is 2.38. The van der Waals surface area contributed by atoms with Crippen LogP contribution < -0.4 is 10.6 Å². The minimum absolute atomic E-state index is 0.0390. The first-order valence-electron chi connectivity index (χ1n) is 8.47. The molecule has 0 aliphatic heterocycles. The maximum atomic E-state index is 12.5. The Labute approximate surface area is 147 Å². The highest BCUT2D eigenvalue weighted by Gasteiger charge is 2.33. The van der Waals surface area contributed by atoms with Crippen molar-refractivity contribution in [3.63, 3.8) is 0 Å². The van der Waals surface area contributed by atoms with E-state index in [4.69, 9.17) is 0 Å². The lowest BCUT2D eigenvalue weighted by Gasteiger charge is -2.25. The molecule has 2 N–H and O–H groups in total. The van der Waals surface area contributed by atoms with Crippen LogP contribution >= 0.6 is 11.3 Å². The Morgan fingerprint density at radius 1 is 1.33 bits per heavy atom. The summed E-state index contributed by atoms with van der Waals surface area (Å²) in [6.45, 7) is 6.41. The van der Waals surface area contributed by atoms with Gasteiger partial charge in [0.1, 0.15) is 5.01 Å². The highest BCUT2D eigenvalue weighted by atomic mass is 32.1. The van der Waals surface area contributed by atoms with Gasteiger partial charge in [0.2, 0.25) is 5.91 Å². The molecule has 0 unspecified atom stereocenters.